The summed E-state index contributed by atoms with van der Waals surface area (Å²) in [5.41, 5.74) is 4.53. The number of quaternary nitrogens is 1. The molecule has 0 spiro atoms. The van der Waals surface area contributed by atoms with E-state index in [4.69, 9.17) is 10.5 Å². The number of phosphoric ester groups is 2. The van der Waals surface area contributed by atoms with Crippen molar-refractivity contribution in [3.05, 3.63) is 22.7 Å². The van der Waals surface area contributed by atoms with E-state index in [0.717, 1.165) is 4.57 Å². The van der Waals surface area contributed by atoms with Crippen LogP contribution < -0.4 is 11.4 Å². The summed E-state index contributed by atoms with van der Waals surface area (Å²) in [6.45, 7) is -0.746. The summed E-state index contributed by atoms with van der Waals surface area (Å²) < 4.78 is 43.9. The average molecular weight is 512 g/mol. The quantitative estimate of drug-likeness (QED) is 0.131. The van der Waals surface area contributed by atoms with Crippen molar-refractivity contribution in [2.45, 2.75) is 24.5 Å². The van der Waals surface area contributed by atoms with E-state index in [0.29, 0.717) is 11.0 Å². The number of nitrogens with two attached hydrogens (primary N) is 1. The second-order valence-corrected chi connectivity index (χ2v) is 10.8. The fourth-order valence-corrected chi connectivity index (χ4v) is 4.56. The number of phosphoric acid groups is 2. The standard InChI is InChI=1S/C14H26N4O11P2.Na/c1-18(2,3)6-7-26-30(22,23)29-31(24,25)27-8-9-11(19)12(20)13(28-9)17-5-4-10(15)16-14(17)21;/h4-5,9,11-13,19-20H,6-8H2,1-3H3,(H3-,15,16,21,22,23,24,25);/p+1. The molecule has 1 aliphatic heterocycles. The maximum atomic E-state index is 12.0. The smallest absolute Gasteiger partial charge is 0.387 e. The van der Waals surface area contributed by atoms with Crippen LogP contribution in [0.2, 0.25) is 0 Å². The Morgan fingerprint density at radius 3 is 2.34 bits per heavy atom. The predicted molar refractivity (Wildman–Crippen MR) is 110 cm³/mol. The third-order valence-corrected chi connectivity index (χ3v) is 6.72. The molecule has 32 heavy (non-hydrogen) atoms. The Bertz CT molecular complexity index is 927. The summed E-state index contributed by atoms with van der Waals surface area (Å²) in [6.07, 6.45) is -4.82. The first-order chi connectivity index (χ1) is 14.1. The van der Waals surface area contributed by atoms with E-state index in [1.54, 1.807) is 21.1 Å². The number of anilines is 1. The Hall–Kier alpha value is -0.220. The number of rotatable bonds is 10. The van der Waals surface area contributed by atoms with Crippen molar-refractivity contribution >= 4 is 51.0 Å². The van der Waals surface area contributed by atoms with Gasteiger partial charge in [-0.15, -0.1) is 0 Å². The van der Waals surface area contributed by atoms with Crippen molar-refractivity contribution in [2.75, 3.05) is 46.6 Å². The van der Waals surface area contributed by atoms with Gasteiger partial charge in [-0.3, -0.25) is 13.6 Å². The van der Waals surface area contributed by atoms with Gasteiger partial charge in [0.25, 0.3) is 0 Å². The Kier molecular flexibility index (Phi) is 10.7. The van der Waals surface area contributed by atoms with Crippen LogP contribution in [0.15, 0.2) is 17.1 Å². The third kappa shape index (κ3) is 8.85. The minimum Gasteiger partial charge on any atom is -0.387 e. The van der Waals surface area contributed by atoms with Gasteiger partial charge in [0.1, 0.15) is 37.3 Å². The van der Waals surface area contributed by atoms with Crippen molar-refractivity contribution in [1.29, 1.82) is 0 Å². The van der Waals surface area contributed by atoms with Crippen molar-refractivity contribution < 1.29 is 51.7 Å². The molecule has 1 aromatic heterocycles. The molecule has 0 amide bonds. The molecule has 0 saturated carbocycles. The minimum absolute atomic E-state index is 0. The van der Waals surface area contributed by atoms with Gasteiger partial charge in [0.15, 0.2) is 6.23 Å². The molecule has 1 saturated heterocycles. The number of aliphatic hydroxyl groups is 2. The van der Waals surface area contributed by atoms with Gasteiger partial charge in [-0.2, -0.15) is 9.29 Å². The topological polar surface area (TPSA) is 213 Å². The zero-order chi connectivity index (χ0) is 23.6. The SMILES string of the molecule is C[N+](C)(C)CCOP(=O)(O)OP(=O)(O)OCC1OC(n2ccc(N)nc2=O)C(O)C1O.[Na]. The number of aliphatic hydroxyl groups excluding tert-OH is 2. The molecule has 0 bridgehead atoms. The van der Waals surface area contributed by atoms with Crippen LogP contribution in [0.3, 0.4) is 0 Å². The Labute approximate surface area is 205 Å². The van der Waals surface area contributed by atoms with Gasteiger partial charge in [-0.1, -0.05) is 0 Å². The zero-order valence-electron chi connectivity index (χ0n) is 18.0. The summed E-state index contributed by atoms with van der Waals surface area (Å²) in [5.74, 6) is -0.0652. The van der Waals surface area contributed by atoms with Crippen LogP contribution in [0.5, 0.6) is 0 Å². The number of nitrogen functional groups attached to an aromatic ring is 1. The molecule has 1 fully saturated rings. The number of ether oxygens (including phenoxy) is 1. The minimum atomic E-state index is -5.11. The first-order valence-corrected chi connectivity index (χ1v) is 11.9. The van der Waals surface area contributed by atoms with Crippen molar-refractivity contribution in [2.24, 2.45) is 0 Å². The molecular weight excluding hydrogens is 485 g/mol. The van der Waals surface area contributed by atoms with Gasteiger partial charge in [0.05, 0.1) is 27.7 Å². The van der Waals surface area contributed by atoms with Crippen molar-refractivity contribution in [3.63, 3.8) is 0 Å². The molecule has 0 aliphatic carbocycles. The number of hydrogen-bond donors (Lipinski definition) is 5. The maximum Gasteiger partial charge on any atom is 0.481 e. The molecular formula is C14H27N4NaO11P2+. The van der Waals surface area contributed by atoms with E-state index in [1.807, 2.05) is 0 Å². The summed E-state index contributed by atoms with van der Waals surface area (Å²) in [4.78, 5) is 34.7. The Morgan fingerprint density at radius 2 is 1.78 bits per heavy atom. The van der Waals surface area contributed by atoms with Gasteiger partial charge in [-0.05, 0) is 6.07 Å². The molecule has 1 radical (unpaired) electrons. The average Bonchev–Trinajstić information content (AvgIpc) is 2.86. The van der Waals surface area contributed by atoms with Crippen molar-refractivity contribution in [1.82, 2.24) is 9.55 Å². The summed E-state index contributed by atoms with van der Waals surface area (Å²) in [7, 11) is -4.64. The van der Waals surface area contributed by atoms with E-state index >= 15 is 0 Å². The molecule has 18 heteroatoms. The van der Waals surface area contributed by atoms with E-state index in [2.05, 4.69) is 18.3 Å². The van der Waals surface area contributed by atoms with Crippen LogP contribution in [0, 0.1) is 0 Å². The summed E-state index contributed by atoms with van der Waals surface area (Å²) in [5, 5.41) is 20.2. The van der Waals surface area contributed by atoms with Gasteiger partial charge in [0, 0.05) is 35.8 Å². The van der Waals surface area contributed by atoms with Gasteiger partial charge >= 0.3 is 21.3 Å². The maximum absolute atomic E-state index is 12.0. The molecule has 6 N–H and O–H groups in total. The molecule has 6 atom stereocenters. The summed E-state index contributed by atoms with van der Waals surface area (Å²) in [6, 6.07) is 1.26. The van der Waals surface area contributed by atoms with Gasteiger partial charge in [0.2, 0.25) is 0 Å². The van der Waals surface area contributed by atoms with Crippen LogP contribution in [0.25, 0.3) is 0 Å². The van der Waals surface area contributed by atoms with Crippen molar-refractivity contribution in [3.8, 4) is 0 Å². The molecule has 15 nitrogen and oxygen atoms in total. The predicted octanol–water partition coefficient (Wildman–Crippen LogP) is -1.98. The van der Waals surface area contributed by atoms with Crippen LogP contribution in [0.1, 0.15) is 6.23 Å². The molecule has 179 valence electrons. The molecule has 2 heterocycles. The van der Waals surface area contributed by atoms with E-state index in [9.17, 15) is 33.9 Å². The van der Waals surface area contributed by atoms with Crippen LogP contribution in [-0.2, 0) is 27.2 Å². The number of nitrogens with zero attached hydrogens (tertiary/aromatic N) is 3. The second kappa shape index (κ2) is 11.5. The molecule has 1 aliphatic rings. The number of aromatic nitrogens is 2. The number of likely N-dealkylation sites (N-methyl/N-ethyl adjacent to an activating group) is 1. The molecule has 2 rings (SSSR count). The largest absolute Gasteiger partial charge is 0.481 e. The Balaban J connectivity index is 0.00000512. The fourth-order valence-electron chi connectivity index (χ4n) is 2.49. The third-order valence-electron chi connectivity index (χ3n) is 4.09. The first-order valence-electron chi connectivity index (χ1n) is 8.93. The number of hydrogen-bond acceptors (Lipinski definition) is 11. The van der Waals surface area contributed by atoms with E-state index < -0.39 is 52.5 Å². The molecule has 6 unspecified atom stereocenters. The molecule has 0 aromatic carbocycles. The Morgan fingerprint density at radius 1 is 1.19 bits per heavy atom. The first kappa shape index (κ1) is 29.8. The van der Waals surface area contributed by atoms with Crippen LogP contribution >= 0.6 is 15.6 Å². The van der Waals surface area contributed by atoms with Gasteiger partial charge < -0.3 is 35.0 Å². The normalized spacial score (nSPS) is 27.3. The molecule has 1 aromatic rings. The van der Waals surface area contributed by atoms with E-state index in [-0.39, 0.29) is 42.0 Å². The fraction of sp³-hybridized carbons (Fsp3) is 0.714. The zero-order valence-corrected chi connectivity index (χ0v) is 21.8. The van der Waals surface area contributed by atoms with Crippen LogP contribution in [0.4, 0.5) is 5.82 Å². The monoisotopic (exact) mass is 512 g/mol. The summed E-state index contributed by atoms with van der Waals surface area (Å²) >= 11 is 0. The van der Waals surface area contributed by atoms with Gasteiger partial charge in [-0.25, -0.2) is 13.9 Å². The second-order valence-electron chi connectivity index (χ2n) is 7.75. The van der Waals surface area contributed by atoms with Crippen LogP contribution in [-0.4, -0.2) is 123 Å². The van der Waals surface area contributed by atoms with E-state index in [1.165, 1.54) is 12.3 Å².